The van der Waals surface area contributed by atoms with Crippen molar-refractivity contribution in [2.24, 2.45) is 11.8 Å². The number of benzene rings is 10. The number of anilines is 2. The van der Waals surface area contributed by atoms with E-state index in [-0.39, 0.29) is 18.4 Å². The van der Waals surface area contributed by atoms with Gasteiger partial charge in [-0.3, -0.25) is 9.59 Å². The third-order valence-electron chi connectivity index (χ3n) is 22.2. The summed E-state index contributed by atoms with van der Waals surface area (Å²) in [4.78, 5) is 28.0. The summed E-state index contributed by atoms with van der Waals surface area (Å²) in [6, 6.07) is 65.5. The van der Waals surface area contributed by atoms with Gasteiger partial charge >= 0.3 is 6.18 Å². The maximum atomic E-state index is 14.9. The molecule has 0 aromatic heterocycles. The molecule has 4 aliphatic rings. The lowest BCUT2D eigenvalue weighted by atomic mass is 9.74. The third-order valence-corrected chi connectivity index (χ3v) is 22.2. The maximum absolute atomic E-state index is 14.9. The fraction of sp³-hybridized carbons (Fsp3) is 0.311. The van der Waals surface area contributed by atoms with Gasteiger partial charge in [-0.2, -0.15) is 13.2 Å². The summed E-state index contributed by atoms with van der Waals surface area (Å²) in [5.74, 6) is 3.64. The van der Waals surface area contributed by atoms with Gasteiger partial charge in [0.05, 0.1) is 12.7 Å². The first-order valence-electron chi connectivity index (χ1n) is 36.2. The number of rotatable bonds is 20. The second-order valence-electron chi connectivity index (χ2n) is 28.8. The Hall–Kier alpha value is -9.47. The van der Waals surface area contributed by atoms with Crippen molar-refractivity contribution >= 4 is 39.5 Å². The van der Waals surface area contributed by atoms with E-state index in [1.807, 2.05) is 127 Å². The van der Waals surface area contributed by atoms with Gasteiger partial charge in [0, 0.05) is 38.9 Å². The van der Waals surface area contributed by atoms with Crippen molar-refractivity contribution in [3.63, 3.8) is 0 Å². The highest BCUT2D eigenvalue weighted by atomic mass is 19.4. The number of alkyl halides is 3. The van der Waals surface area contributed by atoms with Crippen LogP contribution in [0.3, 0.4) is 0 Å². The summed E-state index contributed by atoms with van der Waals surface area (Å²) in [5.41, 5.74) is 17.7. The fourth-order valence-corrected chi connectivity index (χ4v) is 16.7. The molecule has 2 amide bonds. The van der Waals surface area contributed by atoms with Crippen LogP contribution in [0.4, 0.5) is 24.5 Å². The number of carbonyl (C=O) groups excluding carboxylic acids is 2. The monoisotopic (exact) mass is 1320 g/mol. The number of ether oxygens (including phenoxy) is 2. The average Bonchev–Trinajstić information content (AvgIpc) is 1.54. The SMILES string of the molecule is CCCCCC1CCC(c2ccc(-c3ccc(C(=O)Nc4ccc(-c5cc(-c6ccc(NC(=O)c7ccc(-c8ccc(C9CCC(CCCCC)CC9)cc8)cc7)cc6)c6c(c5)-c5c(c7c(c8cc(C(F)(F)F)ccc58)OCC=C7c5ccc(OC)cc5)C6(C)C)cc4)cc3)cc2)CC1. The molecule has 1 heterocycles. The molecule has 0 atom stereocenters. The molecule has 10 aromatic rings. The van der Waals surface area contributed by atoms with E-state index in [9.17, 15) is 22.8 Å². The molecule has 504 valence electrons. The molecule has 1 aliphatic heterocycles. The van der Waals surface area contributed by atoms with Gasteiger partial charge in [-0.1, -0.05) is 194 Å². The van der Waals surface area contributed by atoms with Gasteiger partial charge in [-0.15, -0.1) is 0 Å². The molecular weight excluding hydrogens is 1230 g/mol. The zero-order valence-electron chi connectivity index (χ0n) is 57.7. The van der Waals surface area contributed by atoms with Crippen molar-refractivity contribution < 1.29 is 32.2 Å². The van der Waals surface area contributed by atoms with Crippen molar-refractivity contribution in [1.29, 1.82) is 0 Å². The Morgan fingerprint density at radius 1 is 0.475 bits per heavy atom. The summed E-state index contributed by atoms with van der Waals surface area (Å²) in [6.45, 7) is 9.11. The molecule has 0 spiro atoms. The Bertz CT molecular complexity index is 4570. The first-order chi connectivity index (χ1) is 48.1. The molecule has 99 heavy (non-hydrogen) atoms. The predicted molar refractivity (Wildman–Crippen MR) is 400 cm³/mol. The first-order valence-corrected chi connectivity index (χ1v) is 36.2. The van der Waals surface area contributed by atoms with Crippen LogP contribution in [-0.2, 0) is 11.6 Å². The van der Waals surface area contributed by atoms with Crippen molar-refractivity contribution in [3.05, 3.63) is 256 Å². The van der Waals surface area contributed by atoms with E-state index in [2.05, 4.69) is 99.0 Å². The van der Waals surface area contributed by atoms with E-state index in [4.69, 9.17) is 9.47 Å². The van der Waals surface area contributed by atoms with Gasteiger partial charge in [0.2, 0.25) is 0 Å². The van der Waals surface area contributed by atoms with Crippen molar-refractivity contribution in [3.8, 4) is 67.1 Å². The minimum Gasteiger partial charge on any atom is -0.497 e. The van der Waals surface area contributed by atoms with Crippen LogP contribution >= 0.6 is 0 Å². The number of methoxy groups -OCH3 is 1. The highest BCUT2D eigenvalue weighted by Crippen LogP contribution is 2.61. The molecule has 0 saturated heterocycles. The Labute approximate surface area is 582 Å². The third kappa shape index (κ3) is 14.0. The van der Waals surface area contributed by atoms with E-state index in [1.54, 1.807) is 13.2 Å². The lowest BCUT2D eigenvalue weighted by Gasteiger charge is -2.31. The van der Waals surface area contributed by atoms with Crippen LogP contribution in [0.25, 0.3) is 72.0 Å². The minimum atomic E-state index is -4.61. The summed E-state index contributed by atoms with van der Waals surface area (Å²) in [5, 5.41) is 7.31. The van der Waals surface area contributed by atoms with E-state index in [0.29, 0.717) is 56.6 Å². The normalized spacial score (nSPS) is 17.8. The van der Waals surface area contributed by atoms with E-state index >= 15 is 0 Å². The zero-order valence-corrected chi connectivity index (χ0v) is 57.7. The average molecular weight is 1320 g/mol. The lowest BCUT2D eigenvalue weighted by Crippen LogP contribution is -2.21. The molecule has 2 fully saturated rings. The van der Waals surface area contributed by atoms with Crippen LogP contribution < -0.4 is 20.1 Å². The highest BCUT2D eigenvalue weighted by molar-refractivity contribution is 6.13. The number of fused-ring (bicyclic) bond motifs is 8. The molecule has 10 aromatic carbocycles. The van der Waals surface area contributed by atoms with Crippen molar-refractivity contribution in [2.45, 2.75) is 154 Å². The summed E-state index contributed by atoms with van der Waals surface area (Å²) < 4.78 is 56.7. The Kier molecular flexibility index (Phi) is 19.4. The van der Waals surface area contributed by atoms with Crippen LogP contribution in [0.5, 0.6) is 11.5 Å². The predicted octanol–water partition coefficient (Wildman–Crippen LogP) is 24.9. The van der Waals surface area contributed by atoms with Gasteiger partial charge in [-0.05, 0) is 260 Å². The van der Waals surface area contributed by atoms with Gasteiger partial charge in [0.25, 0.3) is 11.8 Å². The van der Waals surface area contributed by atoms with Crippen molar-refractivity contribution in [1.82, 2.24) is 0 Å². The highest BCUT2D eigenvalue weighted by Gasteiger charge is 2.45. The van der Waals surface area contributed by atoms with Gasteiger partial charge in [0.1, 0.15) is 18.1 Å². The second-order valence-corrected chi connectivity index (χ2v) is 28.8. The molecule has 0 unspecified atom stereocenters. The maximum Gasteiger partial charge on any atom is 0.416 e. The van der Waals surface area contributed by atoms with Gasteiger partial charge < -0.3 is 20.1 Å². The summed E-state index contributed by atoms with van der Waals surface area (Å²) >= 11 is 0. The molecule has 2 N–H and O–H groups in total. The zero-order chi connectivity index (χ0) is 68.4. The number of halogens is 3. The second kappa shape index (κ2) is 28.8. The van der Waals surface area contributed by atoms with Crippen LogP contribution in [0.2, 0.25) is 0 Å². The topological polar surface area (TPSA) is 76.7 Å². The smallest absolute Gasteiger partial charge is 0.416 e. The van der Waals surface area contributed by atoms with E-state index in [1.165, 1.54) is 126 Å². The molecule has 6 nitrogen and oxygen atoms in total. The van der Waals surface area contributed by atoms with Gasteiger partial charge in [-0.25, -0.2) is 0 Å². The Balaban J connectivity index is 0.750. The van der Waals surface area contributed by atoms with E-state index < -0.39 is 17.2 Å². The number of hydrogen-bond donors (Lipinski definition) is 2. The number of unbranched alkanes of at least 4 members (excludes halogenated alkanes) is 4. The van der Waals surface area contributed by atoms with Gasteiger partial charge in [0.15, 0.2) is 0 Å². The first kappa shape index (κ1) is 66.7. The van der Waals surface area contributed by atoms with Crippen molar-refractivity contribution in [2.75, 3.05) is 24.4 Å². The molecule has 3 aliphatic carbocycles. The Morgan fingerprint density at radius 3 is 1.39 bits per heavy atom. The molecule has 0 radical (unpaired) electrons. The number of nitrogens with one attached hydrogen (secondary N) is 2. The summed E-state index contributed by atoms with van der Waals surface area (Å²) in [7, 11) is 1.62. The number of hydrogen-bond acceptors (Lipinski definition) is 4. The standard InChI is InChI=1S/C90H89F3N2O4/c1-6-8-10-12-57-14-18-59(19-15-57)61-22-26-63(27-23-61)65-30-34-70(35-31-65)87(96)94-74-45-38-67(39-46-74)72-54-79(69-40-47-75(48-41-69)95-88(97)71-36-32-66(33-37-71)64-28-24-62(25-29-64)60-20-16-58(17-21-60)13-11-9-7-2)84-81(55-72)82-78-51-44-73(90(91,92)93)56-80(78)86-83(85(82)89(84,3)4)77(52-53-99-86)68-42-49-76(98-5)50-43-68/h22-52,54-60H,6-21,53H2,1-5H3,(H,94,96)(H,95,97). The molecule has 9 heteroatoms. The lowest BCUT2D eigenvalue weighted by molar-refractivity contribution is -0.137. The molecule has 14 rings (SSSR count). The molecular formula is C90H89F3N2O4. The van der Waals surface area contributed by atoms with Crippen LogP contribution in [0.15, 0.2) is 206 Å². The van der Waals surface area contributed by atoms with E-state index in [0.717, 1.165) is 95.3 Å². The quantitative estimate of drug-likeness (QED) is 0.0746. The van der Waals surface area contributed by atoms with Crippen LogP contribution in [-0.4, -0.2) is 25.5 Å². The Morgan fingerprint density at radius 2 is 0.919 bits per heavy atom. The number of amides is 2. The molecule has 2 saturated carbocycles. The largest absolute Gasteiger partial charge is 0.497 e. The molecule has 0 bridgehead atoms. The fourth-order valence-electron chi connectivity index (χ4n) is 16.7. The van der Waals surface area contributed by atoms with Crippen LogP contribution in [0, 0.1) is 11.8 Å². The number of carbonyl (C=O) groups is 2. The summed E-state index contributed by atoms with van der Waals surface area (Å²) in [6.07, 6.45) is 18.5. The van der Waals surface area contributed by atoms with Crippen LogP contribution in [0.1, 0.15) is 202 Å². The minimum absolute atomic E-state index is 0.168.